The molecule has 0 fully saturated rings. The molecule has 1 amide bonds. The summed E-state index contributed by atoms with van der Waals surface area (Å²) in [6, 6.07) is 3.53. The summed E-state index contributed by atoms with van der Waals surface area (Å²) in [6.45, 7) is 5.16. The summed E-state index contributed by atoms with van der Waals surface area (Å²) < 4.78 is 5.20. The van der Waals surface area contributed by atoms with E-state index in [0.29, 0.717) is 16.5 Å². The molecule has 2 aromatic rings. The molecule has 2 rings (SSSR count). The number of benzene rings is 1. The second-order valence-electron chi connectivity index (χ2n) is 6.30. The number of carboxylic acid groups (broad SMARTS) is 1. The van der Waals surface area contributed by atoms with Crippen molar-refractivity contribution >= 4 is 22.8 Å². The van der Waals surface area contributed by atoms with Crippen molar-refractivity contribution in [2.75, 3.05) is 0 Å². The Balaban J connectivity index is 2.18. The van der Waals surface area contributed by atoms with Crippen molar-refractivity contribution < 1.29 is 24.2 Å². The minimum atomic E-state index is -1.09. The van der Waals surface area contributed by atoms with Gasteiger partial charge in [-0.05, 0) is 37.0 Å². The third-order valence-corrected chi connectivity index (χ3v) is 4.12. The average molecular weight is 347 g/mol. The number of carbonyl (C=O) groups is 2. The fourth-order valence-electron chi connectivity index (χ4n) is 2.67. The van der Waals surface area contributed by atoms with E-state index in [1.54, 1.807) is 26.8 Å². The molecular formula is C18H21NO6. The zero-order chi connectivity index (χ0) is 18.7. The lowest BCUT2D eigenvalue weighted by atomic mass is 10.0. The molecule has 0 aliphatic heterocycles. The molecule has 3 N–H and O–H groups in total. The van der Waals surface area contributed by atoms with Crippen LogP contribution in [-0.2, 0) is 16.0 Å². The molecular weight excluding hydrogens is 326 g/mol. The van der Waals surface area contributed by atoms with Crippen LogP contribution in [0.4, 0.5) is 0 Å². The minimum Gasteiger partial charge on any atom is -0.508 e. The minimum absolute atomic E-state index is 0.00410. The van der Waals surface area contributed by atoms with Crippen LogP contribution >= 0.6 is 0 Å². The number of phenolic OH excluding ortho intramolecular Hbond substituents is 1. The predicted molar refractivity (Wildman–Crippen MR) is 91.6 cm³/mol. The van der Waals surface area contributed by atoms with Gasteiger partial charge in [0.2, 0.25) is 5.91 Å². The van der Waals surface area contributed by atoms with Crippen molar-refractivity contribution in [3.8, 4) is 5.75 Å². The zero-order valence-electron chi connectivity index (χ0n) is 14.3. The highest BCUT2D eigenvalue weighted by Crippen LogP contribution is 2.23. The van der Waals surface area contributed by atoms with Crippen LogP contribution in [0.2, 0.25) is 0 Å². The monoisotopic (exact) mass is 347 g/mol. The largest absolute Gasteiger partial charge is 0.508 e. The van der Waals surface area contributed by atoms with Crippen molar-refractivity contribution in [3.05, 3.63) is 39.7 Å². The molecule has 0 saturated heterocycles. The SMILES string of the molecule is Cc1c(CCC(=O)N[C@H](C(=O)O)C(C)C)c(=O)oc2cc(O)ccc12. The van der Waals surface area contributed by atoms with Gasteiger partial charge in [0.15, 0.2) is 0 Å². The van der Waals surface area contributed by atoms with Gasteiger partial charge in [-0.15, -0.1) is 0 Å². The highest BCUT2D eigenvalue weighted by molar-refractivity contribution is 5.84. The Kier molecular flexibility index (Phi) is 5.46. The van der Waals surface area contributed by atoms with Gasteiger partial charge in [-0.25, -0.2) is 9.59 Å². The van der Waals surface area contributed by atoms with Gasteiger partial charge in [-0.3, -0.25) is 4.79 Å². The molecule has 0 aliphatic carbocycles. The molecule has 0 spiro atoms. The van der Waals surface area contributed by atoms with Crippen LogP contribution in [0, 0.1) is 12.8 Å². The molecule has 1 aromatic heterocycles. The summed E-state index contributed by atoms with van der Waals surface area (Å²) in [5.74, 6) is -1.78. The molecule has 0 radical (unpaired) electrons. The fraction of sp³-hybridized carbons (Fsp3) is 0.389. The zero-order valence-corrected chi connectivity index (χ0v) is 14.3. The number of aryl methyl sites for hydroxylation is 1. The molecule has 0 unspecified atom stereocenters. The molecule has 25 heavy (non-hydrogen) atoms. The number of hydrogen-bond acceptors (Lipinski definition) is 5. The van der Waals surface area contributed by atoms with Crippen LogP contribution < -0.4 is 10.9 Å². The highest BCUT2D eigenvalue weighted by Gasteiger charge is 2.23. The van der Waals surface area contributed by atoms with Gasteiger partial charge in [-0.1, -0.05) is 13.8 Å². The Morgan fingerprint density at radius 1 is 1.28 bits per heavy atom. The van der Waals surface area contributed by atoms with E-state index in [1.165, 1.54) is 12.1 Å². The molecule has 1 aromatic carbocycles. The summed E-state index contributed by atoms with van der Waals surface area (Å²) in [5, 5.41) is 21.7. The van der Waals surface area contributed by atoms with E-state index >= 15 is 0 Å². The number of carboxylic acids is 1. The summed E-state index contributed by atoms with van der Waals surface area (Å²) in [6.07, 6.45) is 0.118. The lowest BCUT2D eigenvalue weighted by Crippen LogP contribution is -2.44. The Morgan fingerprint density at radius 2 is 1.96 bits per heavy atom. The van der Waals surface area contributed by atoms with E-state index < -0.39 is 23.5 Å². The molecule has 1 atom stereocenters. The van der Waals surface area contributed by atoms with Gasteiger partial charge < -0.3 is 19.9 Å². The first kappa shape index (κ1) is 18.5. The average Bonchev–Trinajstić information content (AvgIpc) is 2.51. The second-order valence-corrected chi connectivity index (χ2v) is 6.30. The topological polar surface area (TPSA) is 117 Å². The Bertz CT molecular complexity index is 868. The number of rotatable bonds is 6. The Hall–Kier alpha value is -2.83. The molecule has 0 bridgehead atoms. The highest BCUT2D eigenvalue weighted by atomic mass is 16.4. The van der Waals surface area contributed by atoms with Crippen LogP contribution in [0.5, 0.6) is 5.75 Å². The smallest absolute Gasteiger partial charge is 0.339 e. The lowest BCUT2D eigenvalue weighted by Gasteiger charge is -2.17. The molecule has 134 valence electrons. The van der Waals surface area contributed by atoms with Crippen molar-refractivity contribution in [2.45, 2.75) is 39.7 Å². The van der Waals surface area contributed by atoms with Crippen molar-refractivity contribution in [1.82, 2.24) is 5.32 Å². The maximum absolute atomic E-state index is 12.1. The molecule has 7 heteroatoms. The third kappa shape index (κ3) is 4.17. The van der Waals surface area contributed by atoms with E-state index in [9.17, 15) is 19.5 Å². The summed E-state index contributed by atoms with van der Waals surface area (Å²) in [5.41, 5.74) is 0.756. The van der Waals surface area contributed by atoms with E-state index in [0.717, 1.165) is 0 Å². The van der Waals surface area contributed by atoms with E-state index in [4.69, 9.17) is 9.52 Å². The summed E-state index contributed by atoms with van der Waals surface area (Å²) >= 11 is 0. The molecule has 0 aliphatic rings. The first-order chi connectivity index (χ1) is 11.7. The van der Waals surface area contributed by atoms with Crippen LogP contribution in [0.15, 0.2) is 27.4 Å². The first-order valence-electron chi connectivity index (χ1n) is 7.98. The number of phenols is 1. The Labute approximate surface area is 144 Å². The molecule has 1 heterocycles. The maximum atomic E-state index is 12.1. The van der Waals surface area contributed by atoms with E-state index in [-0.39, 0.29) is 30.1 Å². The predicted octanol–water partition coefficient (Wildman–Crippen LogP) is 1.97. The summed E-state index contributed by atoms with van der Waals surface area (Å²) in [7, 11) is 0. The van der Waals surface area contributed by atoms with E-state index in [1.807, 2.05) is 0 Å². The third-order valence-electron chi connectivity index (χ3n) is 4.12. The van der Waals surface area contributed by atoms with E-state index in [2.05, 4.69) is 5.32 Å². The van der Waals surface area contributed by atoms with Crippen molar-refractivity contribution in [2.24, 2.45) is 5.92 Å². The molecule has 7 nitrogen and oxygen atoms in total. The second kappa shape index (κ2) is 7.38. The number of aliphatic carboxylic acids is 1. The molecule has 0 saturated carbocycles. The van der Waals surface area contributed by atoms with Gasteiger partial charge in [0.1, 0.15) is 17.4 Å². The van der Waals surface area contributed by atoms with Crippen molar-refractivity contribution in [1.29, 1.82) is 0 Å². The van der Waals surface area contributed by atoms with Crippen LogP contribution in [-0.4, -0.2) is 28.1 Å². The van der Waals surface area contributed by atoms with Crippen molar-refractivity contribution in [3.63, 3.8) is 0 Å². The number of amides is 1. The van der Waals surface area contributed by atoms with Crippen LogP contribution in [0.25, 0.3) is 11.0 Å². The van der Waals surface area contributed by atoms with Gasteiger partial charge in [0.05, 0.1) is 0 Å². The van der Waals surface area contributed by atoms with Gasteiger partial charge in [0.25, 0.3) is 0 Å². The normalized spacial score (nSPS) is 12.3. The number of aromatic hydroxyl groups is 1. The first-order valence-corrected chi connectivity index (χ1v) is 7.98. The summed E-state index contributed by atoms with van der Waals surface area (Å²) in [4.78, 5) is 35.3. The number of nitrogens with one attached hydrogen (secondary N) is 1. The number of fused-ring (bicyclic) bond motifs is 1. The Morgan fingerprint density at radius 3 is 2.56 bits per heavy atom. The van der Waals surface area contributed by atoms with Crippen LogP contribution in [0.3, 0.4) is 0 Å². The fourth-order valence-corrected chi connectivity index (χ4v) is 2.67. The lowest BCUT2D eigenvalue weighted by molar-refractivity contribution is -0.143. The number of hydrogen-bond donors (Lipinski definition) is 3. The quantitative estimate of drug-likeness (QED) is 0.688. The van der Waals surface area contributed by atoms with Gasteiger partial charge in [-0.2, -0.15) is 0 Å². The maximum Gasteiger partial charge on any atom is 0.339 e. The van der Waals surface area contributed by atoms with Gasteiger partial charge in [0, 0.05) is 23.4 Å². The van der Waals surface area contributed by atoms with Gasteiger partial charge >= 0.3 is 11.6 Å². The number of carbonyl (C=O) groups excluding carboxylic acids is 1. The van der Waals surface area contributed by atoms with Crippen LogP contribution in [0.1, 0.15) is 31.4 Å². The standard InChI is InChI=1S/C18H21NO6/c1-9(2)16(17(22)23)19-15(21)7-6-13-10(3)12-5-4-11(20)8-14(12)25-18(13)24/h4-5,8-9,16,20H,6-7H2,1-3H3,(H,19,21)(H,22,23)/t16-/m0/s1.